The van der Waals surface area contributed by atoms with Crippen molar-refractivity contribution in [3.05, 3.63) is 30.5 Å². The first kappa shape index (κ1) is 19.8. The van der Waals surface area contributed by atoms with Crippen molar-refractivity contribution in [2.24, 2.45) is 0 Å². The molecule has 1 aliphatic heterocycles. The Labute approximate surface area is 165 Å². The Balaban J connectivity index is 1.73. The molecule has 0 aliphatic carbocycles. The molecule has 2 amide bonds. The van der Waals surface area contributed by atoms with E-state index < -0.39 is 0 Å². The van der Waals surface area contributed by atoms with Crippen molar-refractivity contribution < 1.29 is 9.59 Å². The van der Waals surface area contributed by atoms with E-state index in [9.17, 15) is 9.59 Å². The minimum absolute atomic E-state index is 0.0347. The van der Waals surface area contributed by atoms with E-state index in [-0.39, 0.29) is 17.9 Å². The highest BCUT2D eigenvalue weighted by Gasteiger charge is 2.18. The van der Waals surface area contributed by atoms with Gasteiger partial charge >= 0.3 is 0 Å². The molecule has 3 rings (SSSR count). The number of nitrogens with one attached hydrogen (secondary N) is 1. The molecule has 1 aromatic heterocycles. The van der Waals surface area contributed by atoms with Gasteiger partial charge in [0.05, 0.1) is 5.75 Å². The van der Waals surface area contributed by atoms with Gasteiger partial charge in [0.25, 0.3) is 0 Å². The van der Waals surface area contributed by atoms with Crippen LogP contribution in [0.2, 0.25) is 0 Å². The van der Waals surface area contributed by atoms with Gasteiger partial charge in [-0.25, -0.2) is 0 Å². The van der Waals surface area contributed by atoms with Crippen LogP contribution < -0.4 is 5.32 Å². The van der Waals surface area contributed by atoms with E-state index in [4.69, 9.17) is 0 Å². The van der Waals surface area contributed by atoms with Gasteiger partial charge in [-0.15, -0.1) is 11.8 Å². The molecule has 27 heavy (non-hydrogen) atoms. The Morgan fingerprint density at radius 3 is 2.52 bits per heavy atom. The van der Waals surface area contributed by atoms with Crippen LogP contribution in [0.15, 0.2) is 35.4 Å². The number of thioether (sulfide) groups is 1. The summed E-state index contributed by atoms with van der Waals surface area (Å²) in [5, 5.41) is 4.02. The maximum absolute atomic E-state index is 12.8. The maximum atomic E-state index is 12.8. The van der Waals surface area contributed by atoms with E-state index in [1.165, 1.54) is 24.6 Å². The molecule has 1 aromatic carbocycles. The van der Waals surface area contributed by atoms with Gasteiger partial charge in [-0.2, -0.15) is 0 Å². The summed E-state index contributed by atoms with van der Waals surface area (Å²) in [6.07, 6.45) is 6.66. The van der Waals surface area contributed by atoms with Crippen LogP contribution in [0.25, 0.3) is 10.9 Å². The van der Waals surface area contributed by atoms with E-state index >= 15 is 0 Å². The van der Waals surface area contributed by atoms with Gasteiger partial charge in [-0.3, -0.25) is 9.59 Å². The fraction of sp³-hybridized carbons (Fsp3) is 0.524. The summed E-state index contributed by atoms with van der Waals surface area (Å²) >= 11 is 1.53. The van der Waals surface area contributed by atoms with Crippen molar-refractivity contribution in [1.82, 2.24) is 14.8 Å². The smallest absolute Gasteiger partial charge is 0.242 e. The highest BCUT2D eigenvalue weighted by atomic mass is 32.2. The van der Waals surface area contributed by atoms with E-state index in [1.807, 2.05) is 47.7 Å². The summed E-state index contributed by atoms with van der Waals surface area (Å²) in [7, 11) is 0. The predicted molar refractivity (Wildman–Crippen MR) is 111 cm³/mol. The molecule has 0 saturated carbocycles. The molecular weight excluding hydrogens is 358 g/mol. The van der Waals surface area contributed by atoms with Crippen LogP contribution in [-0.2, 0) is 16.1 Å². The Hall–Kier alpha value is -1.95. The molecule has 1 fully saturated rings. The average molecular weight is 388 g/mol. The molecule has 0 atom stereocenters. The zero-order valence-corrected chi connectivity index (χ0v) is 17.1. The van der Waals surface area contributed by atoms with Gasteiger partial charge in [0.2, 0.25) is 11.8 Å². The summed E-state index contributed by atoms with van der Waals surface area (Å²) in [4.78, 5) is 27.8. The summed E-state index contributed by atoms with van der Waals surface area (Å²) in [6, 6.07) is 8.25. The number of hydrogen-bond acceptors (Lipinski definition) is 3. The highest BCUT2D eigenvalue weighted by Crippen LogP contribution is 2.30. The van der Waals surface area contributed by atoms with Crippen LogP contribution in [0.1, 0.15) is 39.5 Å². The lowest BCUT2D eigenvalue weighted by molar-refractivity contribution is -0.131. The Morgan fingerprint density at radius 2 is 1.81 bits per heavy atom. The molecule has 146 valence electrons. The molecule has 2 aromatic rings. The number of amides is 2. The lowest BCUT2D eigenvalue weighted by atomic mass is 10.2. The molecule has 0 radical (unpaired) electrons. The third-order valence-electron chi connectivity index (χ3n) is 4.82. The van der Waals surface area contributed by atoms with Gasteiger partial charge in [0.15, 0.2) is 0 Å². The SMILES string of the molecule is CC(C)NC(=O)CSc1cn(CC(=O)N2CCCCCC2)c2ccccc12. The molecule has 2 heterocycles. The zero-order valence-electron chi connectivity index (χ0n) is 16.2. The number of likely N-dealkylation sites (tertiary alicyclic amines) is 1. The van der Waals surface area contributed by atoms with Gasteiger partial charge < -0.3 is 14.8 Å². The van der Waals surface area contributed by atoms with E-state index in [0.29, 0.717) is 12.3 Å². The van der Waals surface area contributed by atoms with Crippen molar-refractivity contribution in [3.63, 3.8) is 0 Å². The summed E-state index contributed by atoms with van der Waals surface area (Å²) in [5.41, 5.74) is 1.05. The lowest BCUT2D eigenvalue weighted by Gasteiger charge is -2.20. The molecule has 0 spiro atoms. The number of nitrogens with zero attached hydrogens (tertiary/aromatic N) is 2. The van der Waals surface area contributed by atoms with Crippen LogP contribution in [0, 0.1) is 0 Å². The van der Waals surface area contributed by atoms with Crippen molar-refractivity contribution in [3.8, 4) is 0 Å². The number of fused-ring (bicyclic) bond motifs is 1. The molecule has 1 N–H and O–H groups in total. The minimum Gasteiger partial charge on any atom is -0.353 e. The number of carbonyl (C=O) groups excluding carboxylic acids is 2. The second-order valence-corrected chi connectivity index (χ2v) is 8.46. The van der Waals surface area contributed by atoms with Crippen LogP contribution in [0.3, 0.4) is 0 Å². The Morgan fingerprint density at radius 1 is 1.11 bits per heavy atom. The summed E-state index contributed by atoms with van der Waals surface area (Å²) in [6.45, 7) is 6.02. The minimum atomic E-state index is 0.0347. The quantitative estimate of drug-likeness (QED) is 0.770. The fourth-order valence-corrected chi connectivity index (χ4v) is 4.43. The third-order valence-corrected chi connectivity index (χ3v) is 5.87. The molecular formula is C21H29N3O2S. The molecule has 1 aliphatic rings. The molecule has 6 heteroatoms. The van der Waals surface area contributed by atoms with Crippen LogP contribution in [0.5, 0.6) is 0 Å². The van der Waals surface area contributed by atoms with Gasteiger partial charge in [-0.05, 0) is 32.8 Å². The third kappa shape index (κ3) is 5.28. The number of carbonyl (C=O) groups is 2. The van der Waals surface area contributed by atoms with Crippen molar-refractivity contribution in [2.45, 2.75) is 57.0 Å². The second kappa shape index (κ2) is 9.31. The van der Waals surface area contributed by atoms with E-state index in [2.05, 4.69) is 11.4 Å². The average Bonchev–Trinajstić information content (AvgIpc) is 2.81. The molecule has 1 saturated heterocycles. The summed E-state index contributed by atoms with van der Waals surface area (Å²) < 4.78 is 2.03. The zero-order chi connectivity index (χ0) is 19.2. The first-order valence-corrected chi connectivity index (χ1v) is 10.8. The highest BCUT2D eigenvalue weighted by molar-refractivity contribution is 8.00. The standard InChI is InChI=1S/C21H29N3O2S/c1-16(2)22-20(25)15-27-19-13-24(18-10-6-5-9-17(18)19)14-21(26)23-11-7-3-4-8-12-23/h5-6,9-10,13,16H,3-4,7-8,11-12,14-15H2,1-2H3,(H,22,25). The predicted octanol–water partition coefficient (Wildman–Crippen LogP) is 3.66. The Kier molecular flexibility index (Phi) is 6.83. The Bertz CT molecular complexity index is 792. The monoisotopic (exact) mass is 387 g/mol. The number of benzene rings is 1. The maximum Gasteiger partial charge on any atom is 0.242 e. The topological polar surface area (TPSA) is 54.3 Å². The van der Waals surface area contributed by atoms with Crippen LogP contribution in [0.4, 0.5) is 0 Å². The van der Waals surface area contributed by atoms with Gasteiger partial charge in [0, 0.05) is 41.1 Å². The van der Waals surface area contributed by atoms with Crippen molar-refractivity contribution >= 4 is 34.5 Å². The van der Waals surface area contributed by atoms with Crippen molar-refractivity contribution in [1.29, 1.82) is 0 Å². The summed E-state index contributed by atoms with van der Waals surface area (Å²) in [5.74, 6) is 0.603. The number of rotatable bonds is 6. The van der Waals surface area contributed by atoms with Gasteiger partial charge in [-0.1, -0.05) is 31.0 Å². The molecule has 0 bridgehead atoms. The first-order valence-electron chi connectivity index (χ1n) is 9.82. The number of aromatic nitrogens is 1. The number of hydrogen-bond donors (Lipinski definition) is 1. The first-order chi connectivity index (χ1) is 13.0. The lowest BCUT2D eigenvalue weighted by Crippen LogP contribution is -2.34. The van der Waals surface area contributed by atoms with Crippen LogP contribution >= 0.6 is 11.8 Å². The molecule has 5 nitrogen and oxygen atoms in total. The normalized spacial score (nSPS) is 15.1. The number of para-hydroxylation sites is 1. The largest absolute Gasteiger partial charge is 0.353 e. The fourth-order valence-electron chi connectivity index (χ4n) is 3.53. The van der Waals surface area contributed by atoms with Crippen LogP contribution in [-0.4, -0.2) is 46.2 Å². The van der Waals surface area contributed by atoms with Gasteiger partial charge in [0.1, 0.15) is 6.54 Å². The van der Waals surface area contributed by atoms with Crippen molar-refractivity contribution in [2.75, 3.05) is 18.8 Å². The second-order valence-electron chi connectivity index (χ2n) is 7.44. The van der Waals surface area contributed by atoms with E-state index in [0.717, 1.165) is 41.7 Å². The van der Waals surface area contributed by atoms with E-state index in [1.54, 1.807) is 0 Å². The molecule has 0 unspecified atom stereocenters.